The smallest absolute Gasteiger partial charge is 0.255 e. The molecule has 3 aromatic carbocycles. The lowest BCUT2D eigenvalue weighted by Crippen LogP contribution is -2.30. The van der Waals surface area contributed by atoms with Crippen LogP contribution >= 0.6 is 0 Å². The highest BCUT2D eigenvalue weighted by Crippen LogP contribution is 2.29. The van der Waals surface area contributed by atoms with E-state index >= 15 is 0 Å². The van der Waals surface area contributed by atoms with Gasteiger partial charge in [0.25, 0.3) is 5.91 Å². The summed E-state index contributed by atoms with van der Waals surface area (Å²) in [4.78, 5) is 14.8. The zero-order chi connectivity index (χ0) is 14.8. The molecule has 0 aromatic heterocycles. The molecule has 2 heteroatoms. The second-order valence-corrected chi connectivity index (χ2v) is 5.17. The van der Waals surface area contributed by atoms with Gasteiger partial charge in [-0.1, -0.05) is 48.5 Å². The third kappa shape index (κ3) is 2.27. The molecule has 0 unspecified atom stereocenters. The minimum absolute atomic E-state index is 0.119. The summed E-state index contributed by atoms with van der Waals surface area (Å²) in [6, 6.07) is 18.4. The Hall–Kier alpha value is -2.35. The number of carbonyl (C=O) groups is 1. The van der Waals surface area contributed by atoms with E-state index < -0.39 is 0 Å². The van der Waals surface area contributed by atoms with Crippen molar-refractivity contribution < 1.29 is 4.79 Å². The van der Waals surface area contributed by atoms with Crippen LogP contribution in [0.15, 0.2) is 54.6 Å². The van der Waals surface area contributed by atoms with Crippen LogP contribution in [0.2, 0.25) is 0 Å². The van der Waals surface area contributed by atoms with Gasteiger partial charge in [0.15, 0.2) is 0 Å². The van der Waals surface area contributed by atoms with Crippen molar-refractivity contribution in [2.24, 2.45) is 0 Å². The molecule has 3 aromatic rings. The fourth-order valence-corrected chi connectivity index (χ4v) is 2.91. The molecule has 0 heterocycles. The summed E-state index contributed by atoms with van der Waals surface area (Å²) < 4.78 is 0. The van der Waals surface area contributed by atoms with Crippen molar-refractivity contribution in [1.82, 2.24) is 4.90 Å². The third-order valence-electron chi connectivity index (χ3n) is 4.04. The number of hydrogen-bond acceptors (Lipinski definition) is 1. The zero-order valence-electron chi connectivity index (χ0n) is 12.5. The van der Waals surface area contributed by atoms with E-state index in [0.29, 0.717) is 0 Å². The third-order valence-corrected chi connectivity index (χ3v) is 4.04. The van der Waals surface area contributed by atoms with Crippen molar-refractivity contribution in [1.29, 1.82) is 0 Å². The van der Waals surface area contributed by atoms with Gasteiger partial charge in [0.1, 0.15) is 0 Å². The molecule has 0 bridgehead atoms. The van der Waals surface area contributed by atoms with E-state index in [4.69, 9.17) is 0 Å². The van der Waals surface area contributed by atoms with Crippen LogP contribution in [0, 0.1) is 0 Å². The Morgan fingerprint density at radius 3 is 1.81 bits per heavy atom. The predicted octanol–water partition coefficient (Wildman–Crippen LogP) is 4.48. The summed E-state index contributed by atoms with van der Waals surface area (Å²) in [7, 11) is 0. The molecule has 0 aliphatic heterocycles. The van der Waals surface area contributed by atoms with Gasteiger partial charge >= 0.3 is 0 Å². The predicted molar refractivity (Wildman–Crippen MR) is 88.7 cm³/mol. The summed E-state index contributed by atoms with van der Waals surface area (Å²) >= 11 is 0. The number of fused-ring (bicyclic) bond motifs is 2. The van der Waals surface area contributed by atoms with Gasteiger partial charge in [-0.25, -0.2) is 0 Å². The molecule has 0 fully saturated rings. The van der Waals surface area contributed by atoms with Crippen molar-refractivity contribution in [2.75, 3.05) is 13.1 Å². The number of hydrogen-bond donors (Lipinski definition) is 0. The van der Waals surface area contributed by atoms with Gasteiger partial charge in [-0.05, 0) is 41.5 Å². The number of rotatable bonds is 3. The van der Waals surface area contributed by atoms with E-state index in [-0.39, 0.29) is 5.91 Å². The van der Waals surface area contributed by atoms with Gasteiger partial charge in [0, 0.05) is 13.1 Å². The van der Waals surface area contributed by atoms with E-state index in [2.05, 4.69) is 18.2 Å². The van der Waals surface area contributed by atoms with Crippen molar-refractivity contribution >= 4 is 27.5 Å². The highest BCUT2D eigenvalue weighted by Gasteiger charge is 2.18. The molecule has 0 N–H and O–H groups in total. The van der Waals surface area contributed by atoms with Gasteiger partial charge < -0.3 is 4.90 Å². The lowest BCUT2D eigenvalue weighted by Gasteiger charge is -2.21. The Bertz CT molecular complexity index is 749. The van der Waals surface area contributed by atoms with Crippen molar-refractivity contribution in [3.63, 3.8) is 0 Å². The molecule has 21 heavy (non-hydrogen) atoms. The fourth-order valence-electron chi connectivity index (χ4n) is 2.91. The van der Waals surface area contributed by atoms with Crippen molar-refractivity contribution in [2.45, 2.75) is 13.8 Å². The van der Waals surface area contributed by atoms with Crippen LogP contribution < -0.4 is 0 Å². The van der Waals surface area contributed by atoms with Crippen LogP contribution in [0.25, 0.3) is 21.5 Å². The highest BCUT2D eigenvalue weighted by molar-refractivity contribution is 6.18. The van der Waals surface area contributed by atoms with Crippen LogP contribution in [-0.4, -0.2) is 23.9 Å². The normalized spacial score (nSPS) is 11.0. The molecule has 0 aliphatic carbocycles. The van der Waals surface area contributed by atoms with Crippen LogP contribution in [-0.2, 0) is 0 Å². The quantitative estimate of drug-likeness (QED) is 0.647. The maximum atomic E-state index is 13.0. The van der Waals surface area contributed by atoms with E-state index in [1.165, 1.54) is 0 Å². The highest BCUT2D eigenvalue weighted by atomic mass is 16.2. The fraction of sp³-hybridized carbons (Fsp3) is 0.211. The first-order chi connectivity index (χ1) is 10.3. The Morgan fingerprint density at radius 2 is 1.33 bits per heavy atom. The first-order valence-electron chi connectivity index (χ1n) is 7.46. The van der Waals surface area contributed by atoms with Crippen LogP contribution in [0.3, 0.4) is 0 Å². The summed E-state index contributed by atoms with van der Waals surface area (Å²) in [5.41, 5.74) is 0.826. The topological polar surface area (TPSA) is 20.3 Å². The summed E-state index contributed by atoms with van der Waals surface area (Å²) in [5.74, 6) is 0.119. The van der Waals surface area contributed by atoms with Gasteiger partial charge in [-0.15, -0.1) is 0 Å². The Kier molecular flexibility index (Phi) is 3.61. The molecular formula is C19H19NO. The van der Waals surface area contributed by atoms with E-state index in [0.717, 1.165) is 40.2 Å². The Balaban J connectivity index is 2.37. The molecule has 0 saturated carbocycles. The molecule has 0 aliphatic rings. The van der Waals surface area contributed by atoms with Crippen molar-refractivity contribution in [3.05, 3.63) is 60.2 Å². The second-order valence-electron chi connectivity index (χ2n) is 5.17. The zero-order valence-corrected chi connectivity index (χ0v) is 12.5. The van der Waals surface area contributed by atoms with E-state index in [1.807, 2.05) is 55.1 Å². The molecule has 106 valence electrons. The maximum Gasteiger partial charge on any atom is 0.255 e. The maximum absolute atomic E-state index is 13.0. The first kappa shape index (κ1) is 13.6. The molecule has 0 radical (unpaired) electrons. The average molecular weight is 277 g/mol. The van der Waals surface area contributed by atoms with Crippen LogP contribution in [0.1, 0.15) is 24.2 Å². The first-order valence-corrected chi connectivity index (χ1v) is 7.46. The molecule has 0 saturated heterocycles. The molecule has 1 amide bonds. The van der Waals surface area contributed by atoms with Gasteiger partial charge in [-0.3, -0.25) is 4.79 Å². The number of carbonyl (C=O) groups excluding carboxylic acids is 1. The minimum Gasteiger partial charge on any atom is -0.339 e. The number of benzene rings is 3. The molecular weight excluding hydrogens is 258 g/mol. The van der Waals surface area contributed by atoms with Crippen LogP contribution in [0.4, 0.5) is 0 Å². The summed E-state index contributed by atoms with van der Waals surface area (Å²) in [6.07, 6.45) is 0. The van der Waals surface area contributed by atoms with Gasteiger partial charge in [0.05, 0.1) is 5.56 Å². The van der Waals surface area contributed by atoms with E-state index in [9.17, 15) is 4.79 Å². The SMILES string of the molecule is CCN(CC)C(=O)c1c2ccccc2cc2ccccc12. The summed E-state index contributed by atoms with van der Waals surface area (Å²) in [5, 5.41) is 4.31. The molecule has 0 spiro atoms. The van der Waals surface area contributed by atoms with E-state index in [1.54, 1.807) is 0 Å². The van der Waals surface area contributed by atoms with Gasteiger partial charge in [-0.2, -0.15) is 0 Å². The molecule has 3 rings (SSSR count). The van der Waals surface area contributed by atoms with Crippen LogP contribution in [0.5, 0.6) is 0 Å². The lowest BCUT2D eigenvalue weighted by molar-refractivity contribution is 0.0777. The largest absolute Gasteiger partial charge is 0.339 e. The number of amides is 1. The molecule has 0 atom stereocenters. The monoisotopic (exact) mass is 277 g/mol. The standard InChI is InChI=1S/C19H19NO/c1-3-20(4-2)19(21)18-16-11-7-5-9-14(16)13-15-10-6-8-12-17(15)18/h5-13H,3-4H2,1-2H3. The number of nitrogens with zero attached hydrogens (tertiary/aromatic N) is 1. The van der Waals surface area contributed by atoms with Gasteiger partial charge in [0.2, 0.25) is 0 Å². The molecule has 2 nitrogen and oxygen atoms in total. The Labute approximate surface area is 125 Å². The average Bonchev–Trinajstić information content (AvgIpc) is 2.53. The second kappa shape index (κ2) is 5.57. The summed E-state index contributed by atoms with van der Waals surface area (Å²) in [6.45, 7) is 5.50. The van der Waals surface area contributed by atoms with Crippen molar-refractivity contribution in [3.8, 4) is 0 Å². The Morgan fingerprint density at radius 1 is 0.857 bits per heavy atom. The minimum atomic E-state index is 0.119. The lowest BCUT2D eigenvalue weighted by atomic mass is 9.96.